The normalized spacial score (nSPS) is 11.0. The van der Waals surface area contributed by atoms with Crippen molar-refractivity contribution in [2.24, 2.45) is 0 Å². The Balaban J connectivity index is 1.77. The molecule has 0 saturated heterocycles. The molecule has 0 N–H and O–H groups in total. The fourth-order valence-corrected chi connectivity index (χ4v) is 3.32. The molecule has 7 nitrogen and oxygen atoms in total. The maximum Gasteiger partial charge on any atom is 0.293 e. The van der Waals surface area contributed by atoms with Gasteiger partial charge in [0.15, 0.2) is 5.78 Å². The lowest BCUT2D eigenvalue weighted by atomic mass is 10.1. The van der Waals surface area contributed by atoms with Gasteiger partial charge in [0.05, 0.1) is 24.7 Å². The molecule has 0 radical (unpaired) electrons. The molecule has 0 fully saturated rings. The fourth-order valence-electron chi connectivity index (χ4n) is 3.14. The SMILES string of the molecule is COc1ccc(C(=O)Cn2nc(C)c3cnn(-c4cccc(Cl)c4)c3c2=O)cc1. The third kappa shape index (κ3) is 3.52. The molecule has 0 aliphatic heterocycles. The summed E-state index contributed by atoms with van der Waals surface area (Å²) in [5.74, 6) is 0.425. The molecule has 0 aliphatic carbocycles. The maximum absolute atomic E-state index is 13.1. The molecule has 0 unspecified atom stereocenters. The number of hydrogen-bond donors (Lipinski definition) is 0. The second-order valence-corrected chi connectivity index (χ2v) is 6.93. The number of aromatic nitrogens is 4. The molecule has 0 saturated carbocycles. The van der Waals surface area contributed by atoms with Gasteiger partial charge in [0, 0.05) is 16.0 Å². The number of benzene rings is 2. The Morgan fingerprint density at radius 3 is 2.62 bits per heavy atom. The van der Waals surface area contributed by atoms with Crippen molar-refractivity contribution >= 4 is 28.3 Å². The van der Waals surface area contributed by atoms with Crippen molar-refractivity contribution in [3.63, 3.8) is 0 Å². The molecular formula is C21H17ClN4O3. The van der Waals surface area contributed by atoms with E-state index in [1.54, 1.807) is 68.8 Å². The van der Waals surface area contributed by atoms with E-state index in [4.69, 9.17) is 16.3 Å². The molecule has 0 spiro atoms. The monoisotopic (exact) mass is 408 g/mol. The van der Waals surface area contributed by atoms with Crippen LogP contribution < -0.4 is 10.3 Å². The smallest absolute Gasteiger partial charge is 0.293 e. The summed E-state index contributed by atoms with van der Waals surface area (Å²) in [6, 6.07) is 13.8. The van der Waals surface area contributed by atoms with Crippen LogP contribution in [0.25, 0.3) is 16.6 Å². The summed E-state index contributed by atoms with van der Waals surface area (Å²) in [5.41, 5.74) is 1.69. The van der Waals surface area contributed by atoms with Crippen LogP contribution in [0.4, 0.5) is 0 Å². The molecule has 4 rings (SSSR count). The second kappa shape index (κ2) is 7.52. The van der Waals surface area contributed by atoms with Gasteiger partial charge in [-0.1, -0.05) is 17.7 Å². The lowest BCUT2D eigenvalue weighted by molar-refractivity contribution is 0.0965. The summed E-state index contributed by atoms with van der Waals surface area (Å²) in [5, 5.41) is 9.80. The largest absolute Gasteiger partial charge is 0.497 e. The minimum atomic E-state index is -0.398. The average Bonchev–Trinajstić information content (AvgIpc) is 3.18. The highest BCUT2D eigenvalue weighted by Crippen LogP contribution is 2.20. The Morgan fingerprint density at radius 2 is 1.93 bits per heavy atom. The van der Waals surface area contributed by atoms with Crippen molar-refractivity contribution in [1.82, 2.24) is 19.6 Å². The van der Waals surface area contributed by atoms with Crippen LogP contribution in [0.2, 0.25) is 5.02 Å². The van der Waals surface area contributed by atoms with Crippen molar-refractivity contribution in [3.05, 3.63) is 81.4 Å². The van der Waals surface area contributed by atoms with Gasteiger partial charge in [-0.2, -0.15) is 10.2 Å². The van der Waals surface area contributed by atoms with E-state index >= 15 is 0 Å². The first-order valence-corrected chi connectivity index (χ1v) is 9.24. The van der Waals surface area contributed by atoms with Gasteiger partial charge in [0.25, 0.3) is 5.56 Å². The number of methoxy groups -OCH3 is 1. The highest BCUT2D eigenvalue weighted by Gasteiger charge is 2.17. The zero-order valence-electron chi connectivity index (χ0n) is 15.8. The first kappa shape index (κ1) is 18.9. The molecule has 0 bridgehead atoms. The summed E-state index contributed by atoms with van der Waals surface area (Å²) in [6.45, 7) is 1.60. The Hall–Kier alpha value is -3.45. The molecular weight excluding hydrogens is 392 g/mol. The first-order valence-electron chi connectivity index (χ1n) is 8.86. The van der Waals surface area contributed by atoms with Gasteiger partial charge in [-0.15, -0.1) is 0 Å². The summed E-state index contributed by atoms with van der Waals surface area (Å²) in [6.07, 6.45) is 1.59. The molecule has 2 aromatic carbocycles. The molecule has 0 aliphatic rings. The number of ether oxygens (including phenoxy) is 1. The quantitative estimate of drug-likeness (QED) is 0.473. The van der Waals surface area contributed by atoms with Gasteiger partial charge in [-0.25, -0.2) is 9.36 Å². The molecule has 2 aromatic heterocycles. The number of halogens is 1. The Labute approximate surface area is 171 Å². The predicted octanol–water partition coefficient (Wildman–Crippen LogP) is 3.44. The van der Waals surface area contributed by atoms with Crippen molar-refractivity contribution < 1.29 is 9.53 Å². The van der Waals surface area contributed by atoms with E-state index in [1.165, 1.54) is 9.36 Å². The van der Waals surface area contributed by atoms with Crippen LogP contribution in [0.5, 0.6) is 5.75 Å². The van der Waals surface area contributed by atoms with Gasteiger partial charge < -0.3 is 4.74 Å². The van der Waals surface area contributed by atoms with Gasteiger partial charge in [0.1, 0.15) is 17.8 Å². The minimum absolute atomic E-state index is 0.178. The number of fused-ring (bicyclic) bond motifs is 1. The van der Waals surface area contributed by atoms with Crippen molar-refractivity contribution in [3.8, 4) is 11.4 Å². The third-order valence-electron chi connectivity index (χ3n) is 4.62. The first-order chi connectivity index (χ1) is 14.0. The number of carbonyl (C=O) groups excluding carboxylic acids is 1. The Bertz CT molecular complexity index is 1280. The number of Topliss-reactive ketones (excluding diaryl/α,β-unsaturated/α-hetero) is 1. The summed E-state index contributed by atoms with van der Waals surface area (Å²) in [7, 11) is 1.56. The Morgan fingerprint density at radius 1 is 1.17 bits per heavy atom. The highest BCUT2D eigenvalue weighted by atomic mass is 35.5. The predicted molar refractivity (Wildman–Crippen MR) is 110 cm³/mol. The van der Waals surface area contributed by atoms with Crippen molar-refractivity contribution in [2.75, 3.05) is 7.11 Å². The van der Waals surface area contributed by atoms with Crippen LogP contribution in [0.3, 0.4) is 0 Å². The van der Waals surface area contributed by atoms with E-state index in [9.17, 15) is 9.59 Å². The van der Waals surface area contributed by atoms with Crippen LogP contribution in [0.15, 0.2) is 59.5 Å². The number of aryl methyl sites for hydroxylation is 1. The average molecular weight is 409 g/mol. The van der Waals surface area contributed by atoms with Crippen LogP contribution in [-0.4, -0.2) is 32.5 Å². The van der Waals surface area contributed by atoms with Gasteiger partial charge >= 0.3 is 0 Å². The van der Waals surface area contributed by atoms with E-state index in [1.807, 2.05) is 0 Å². The molecule has 8 heteroatoms. The number of hydrogen-bond acceptors (Lipinski definition) is 5. The molecule has 0 amide bonds. The number of nitrogens with zero attached hydrogens (tertiary/aromatic N) is 4. The molecule has 4 aromatic rings. The molecule has 0 atom stereocenters. The van der Waals surface area contributed by atoms with Gasteiger partial charge in [0.2, 0.25) is 0 Å². The lowest BCUT2D eigenvalue weighted by Gasteiger charge is -2.09. The standard InChI is InChI=1S/C21H17ClN4O3/c1-13-18-11-23-26(16-5-3-4-15(22)10-16)20(18)21(28)25(24-13)12-19(27)14-6-8-17(29-2)9-7-14/h3-11H,12H2,1-2H3. The van der Waals surface area contributed by atoms with Crippen LogP contribution in [0, 0.1) is 6.92 Å². The van der Waals surface area contributed by atoms with Crippen LogP contribution in [0.1, 0.15) is 16.1 Å². The summed E-state index contributed by atoms with van der Waals surface area (Å²) < 4.78 is 7.80. The number of carbonyl (C=O) groups is 1. The molecule has 2 heterocycles. The number of rotatable bonds is 5. The van der Waals surface area contributed by atoms with E-state index in [0.29, 0.717) is 38.6 Å². The minimum Gasteiger partial charge on any atom is -0.497 e. The van der Waals surface area contributed by atoms with E-state index in [0.717, 1.165) is 0 Å². The van der Waals surface area contributed by atoms with Crippen molar-refractivity contribution in [2.45, 2.75) is 13.5 Å². The van der Waals surface area contributed by atoms with E-state index in [2.05, 4.69) is 10.2 Å². The van der Waals surface area contributed by atoms with Gasteiger partial charge in [-0.05, 0) is 49.4 Å². The molecule has 29 heavy (non-hydrogen) atoms. The molecule has 146 valence electrons. The topological polar surface area (TPSA) is 79.0 Å². The zero-order valence-corrected chi connectivity index (χ0v) is 16.6. The van der Waals surface area contributed by atoms with Crippen molar-refractivity contribution in [1.29, 1.82) is 0 Å². The van der Waals surface area contributed by atoms with E-state index < -0.39 is 5.56 Å². The third-order valence-corrected chi connectivity index (χ3v) is 4.86. The summed E-state index contributed by atoms with van der Waals surface area (Å²) >= 11 is 6.08. The van der Waals surface area contributed by atoms with Crippen LogP contribution in [-0.2, 0) is 6.54 Å². The van der Waals surface area contributed by atoms with Gasteiger partial charge in [-0.3, -0.25) is 9.59 Å². The Kier molecular flexibility index (Phi) is 4.90. The summed E-state index contributed by atoms with van der Waals surface area (Å²) in [4.78, 5) is 25.8. The van der Waals surface area contributed by atoms with E-state index in [-0.39, 0.29) is 12.3 Å². The number of ketones is 1. The maximum atomic E-state index is 13.1. The zero-order chi connectivity index (χ0) is 20.5. The highest BCUT2D eigenvalue weighted by molar-refractivity contribution is 6.30. The second-order valence-electron chi connectivity index (χ2n) is 6.50. The van der Waals surface area contributed by atoms with Crippen LogP contribution >= 0.6 is 11.6 Å². The lowest BCUT2D eigenvalue weighted by Crippen LogP contribution is -2.28. The fraction of sp³-hybridized carbons (Fsp3) is 0.143.